The molecule has 0 radical (unpaired) electrons. The second-order valence-corrected chi connectivity index (χ2v) is 10.0. The van der Waals surface area contributed by atoms with E-state index in [4.69, 9.17) is 4.74 Å². The smallest absolute Gasteiger partial charge is 0.329 e. The van der Waals surface area contributed by atoms with Gasteiger partial charge in [0.2, 0.25) is 0 Å². The highest BCUT2D eigenvalue weighted by atomic mass is 19.1. The van der Waals surface area contributed by atoms with Crippen molar-refractivity contribution in [2.24, 2.45) is 23.7 Å². The zero-order chi connectivity index (χ0) is 22.2. The van der Waals surface area contributed by atoms with Crippen molar-refractivity contribution in [2.75, 3.05) is 6.61 Å². The van der Waals surface area contributed by atoms with Gasteiger partial charge in [-0.15, -0.1) is 0 Å². The largest absolute Gasteiger partial charge is 0.454 e. The van der Waals surface area contributed by atoms with Crippen molar-refractivity contribution >= 4 is 17.8 Å². The summed E-state index contributed by atoms with van der Waals surface area (Å²) in [6.07, 6.45) is 6.90. The van der Waals surface area contributed by atoms with Crippen LogP contribution in [0.15, 0.2) is 24.3 Å². The minimum Gasteiger partial charge on any atom is -0.454 e. The quantitative estimate of drug-likeness (QED) is 0.651. The summed E-state index contributed by atoms with van der Waals surface area (Å²) >= 11 is 0. The molecule has 4 aliphatic rings. The molecule has 168 valence electrons. The van der Waals surface area contributed by atoms with E-state index in [1.54, 1.807) is 19.9 Å². The van der Waals surface area contributed by atoms with E-state index in [9.17, 15) is 18.8 Å². The molecule has 1 aromatic rings. The van der Waals surface area contributed by atoms with E-state index in [1.807, 2.05) is 0 Å². The normalized spacial score (nSPS) is 29.5. The van der Waals surface area contributed by atoms with Gasteiger partial charge in [-0.2, -0.15) is 0 Å². The average Bonchev–Trinajstić information content (AvgIpc) is 2.68. The lowest BCUT2D eigenvalue weighted by Gasteiger charge is -2.56. The highest BCUT2D eigenvalue weighted by molar-refractivity contribution is 5.97. The van der Waals surface area contributed by atoms with Gasteiger partial charge in [0.25, 0.3) is 11.8 Å². The molecule has 0 saturated heterocycles. The highest BCUT2D eigenvalue weighted by Gasteiger charge is 2.51. The van der Waals surface area contributed by atoms with Crippen molar-refractivity contribution in [3.63, 3.8) is 0 Å². The molecule has 1 atom stereocenters. The van der Waals surface area contributed by atoms with Crippen molar-refractivity contribution in [3.8, 4) is 0 Å². The minimum absolute atomic E-state index is 0.138. The number of carbonyl (C=O) groups excluding carboxylic acids is 3. The van der Waals surface area contributed by atoms with Crippen molar-refractivity contribution in [1.82, 2.24) is 10.6 Å². The second-order valence-electron chi connectivity index (χ2n) is 10.0. The number of carbonyl (C=O) groups is 3. The molecule has 31 heavy (non-hydrogen) atoms. The Kier molecular flexibility index (Phi) is 6.04. The second kappa shape index (κ2) is 8.60. The van der Waals surface area contributed by atoms with Gasteiger partial charge in [0.15, 0.2) is 6.61 Å². The molecule has 1 aromatic carbocycles. The van der Waals surface area contributed by atoms with Crippen LogP contribution in [-0.2, 0) is 14.3 Å². The third kappa shape index (κ3) is 4.75. The zero-order valence-electron chi connectivity index (χ0n) is 18.2. The summed E-state index contributed by atoms with van der Waals surface area (Å²) in [6, 6.07) is 4.61. The summed E-state index contributed by atoms with van der Waals surface area (Å²) in [6.45, 7) is 3.13. The molecule has 0 heterocycles. The minimum atomic E-state index is -0.973. The molecule has 4 aliphatic carbocycles. The molecule has 4 fully saturated rings. The van der Waals surface area contributed by atoms with Gasteiger partial charge < -0.3 is 15.4 Å². The van der Waals surface area contributed by atoms with Crippen LogP contribution >= 0.6 is 0 Å². The number of esters is 1. The lowest BCUT2D eigenvalue weighted by Crippen LogP contribution is -2.60. The molecule has 4 saturated carbocycles. The van der Waals surface area contributed by atoms with E-state index in [1.165, 1.54) is 37.5 Å². The van der Waals surface area contributed by atoms with Crippen LogP contribution in [0.3, 0.4) is 0 Å². The Morgan fingerprint density at radius 3 is 2.19 bits per heavy atom. The molecular weight excluding hydrogens is 399 g/mol. The number of amides is 2. The van der Waals surface area contributed by atoms with Crippen LogP contribution in [0.25, 0.3) is 0 Å². The standard InChI is InChI=1S/C24H31FN2O4/c1-14(2)21(26-22(29)18-5-3-4-6-19(18)25)23(30)31-13-20(28)27-24-10-15-7-16(11-24)9-17(8-15)12-24/h3-6,14-17,21H,7-13H2,1-2H3,(H,26,29)(H,27,28). The average molecular weight is 431 g/mol. The topological polar surface area (TPSA) is 84.5 Å². The lowest BCUT2D eigenvalue weighted by molar-refractivity contribution is -0.152. The lowest BCUT2D eigenvalue weighted by atomic mass is 9.53. The maximum absolute atomic E-state index is 13.9. The van der Waals surface area contributed by atoms with Crippen LogP contribution in [0.5, 0.6) is 0 Å². The van der Waals surface area contributed by atoms with E-state index >= 15 is 0 Å². The summed E-state index contributed by atoms with van der Waals surface area (Å²) < 4.78 is 19.1. The first kappa shape index (κ1) is 21.8. The number of rotatable bonds is 7. The van der Waals surface area contributed by atoms with Crippen LogP contribution < -0.4 is 10.6 Å². The number of hydrogen-bond acceptors (Lipinski definition) is 4. The summed E-state index contributed by atoms with van der Waals surface area (Å²) in [7, 11) is 0. The SMILES string of the molecule is CC(C)C(NC(=O)c1ccccc1F)C(=O)OCC(=O)NC12CC3CC(CC(C3)C1)C2. The van der Waals surface area contributed by atoms with E-state index in [0.717, 1.165) is 19.3 Å². The van der Waals surface area contributed by atoms with Crippen LogP contribution in [0.4, 0.5) is 4.39 Å². The first-order chi connectivity index (χ1) is 14.7. The number of benzene rings is 1. The van der Waals surface area contributed by atoms with Crippen molar-refractivity contribution in [1.29, 1.82) is 0 Å². The first-order valence-corrected chi connectivity index (χ1v) is 11.3. The molecule has 4 bridgehead atoms. The number of ether oxygens (including phenoxy) is 1. The number of hydrogen-bond donors (Lipinski definition) is 2. The maximum atomic E-state index is 13.9. The van der Waals surface area contributed by atoms with Gasteiger partial charge in [-0.25, -0.2) is 9.18 Å². The Balaban J connectivity index is 1.31. The highest BCUT2D eigenvalue weighted by Crippen LogP contribution is 2.55. The molecule has 0 aromatic heterocycles. The fourth-order valence-electron chi connectivity index (χ4n) is 6.18. The maximum Gasteiger partial charge on any atom is 0.329 e. The summed E-state index contributed by atoms with van der Waals surface area (Å²) in [5.74, 6) is -0.514. The summed E-state index contributed by atoms with van der Waals surface area (Å²) in [5, 5.41) is 5.71. The fraction of sp³-hybridized carbons (Fsp3) is 0.625. The van der Waals surface area contributed by atoms with Gasteiger partial charge in [0.1, 0.15) is 11.9 Å². The Morgan fingerprint density at radius 2 is 1.65 bits per heavy atom. The Labute approximate surface area is 182 Å². The van der Waals surface area contributed by atoms with Crippen LogP contribution in [0, 0.1) is 29.5 Å². The first-order valence-electron chi connectivity index (χ1n) is 11.3. The van der Waals surface area contributed by atoms with Gasteiger partial charge in [0, 0.05) is 5.54 Å². The van der Waals surface area contributed by atoms with E-state index in [-0.39, 0.29) is 29.5 Å². The van der Waals surface area contributed by atoms with Gasteiger partial charge in [-0.3, -0.25) is 9.59 Å². The van der Waals surface area contributed by atoms with Crippen LogP contribution in [0.2, 0.25) is 0 Å². The van der Waals surface area contributed by atoms with E-state index < -0.39 is 23.7 Å². The predicted octanol–water partition coefficient (Wildman–Crippen LogP) is 3.21. The summed E-state index contributed by atoms with van der Waals surface area (Å²) in [4.78, 5) is 37.6. The molecular formula is C24H31FN2O4. The number of nitrogens with one attached hydrogen (secondary N) is 2. The van der Waals surface area contributed by atoms with E-state index in [0.29, 0.717) is 17.8 Å². The molecule has 0 aliphatic heterocycles. The fourth-order valence-corrected chi connectivity index (χ4v) is 6.18. The summed E-state index contributed by atoms with van der Waals surface area (Å²) in [5.41, 5.74) is -0.283. The van der Waals surface area contributed by atoms with Gasteiger partial charge >= 0.3 is 5.97 Å². The van der Waals surface area contributed by atoms with Gasteiger partial charge in [0.05, 0.1) is 5.56 Å². The third-order valence-corrected chi connectivity index (χ3v) is 7.11. The predicted molar refractivity (Wildman–Crippen MR) is 112 cm³/mol. The molecule has 2 amide bonds. The molecule has 1 unspecified atom stereocenters. The van der Waals surface area contributed by atoms with E-state index in [2.05, 4.69) is 10.6 Å². The van der Waals surface area contributed by atoms with Crippen LogP contribution in [0.1, 0.15) is 62.7 Å². The Hall–Kier alpha value is -2.44. The van der Waals surface area contributed by atoms with Crippen molar-refractivity contribution in [2.45, 2.75) is 64.0 Å². The molecule has 2 N–H and O–H groups in total. The monoisotopic (exact) mass is 430 g/mol. The van der Waals surface area contributed by atoms with Gasteiger partial charge in [-0.05, 0) is 74.3 Å². The molecule has 5 rings (SSSR count). The zero-order valence-corrected chi connectivity index (χ0v) is 18.2. The third-order valence-electron chi connectivity index (χ3n) is 7.11. The van der Waals surface area contributed by atoms with Gasteiger partial charge in [-0.1, -0.05) is 26.0 Å². The van der Waals surface area contributed by atoms with Crippen molar-refractivity contribution < 1.29 is 23.5 Å². The number of halogens is 1. The Bertz CT molecular complexity index is 834. The molecule has 0 spiro atoms. The van der Waals surface area contributed by atoms with Crippen molar-refractivity contribution in [3.05, 3.63) is 35.6 Å². The Morgan fingerprint density at radius 1 is 1.06 bits per heavy atom. The molecule has 6 nitrogen and oxygen atoms in total. The van der Waals surface area contributed by atoms with Crippen LogP contribution in [-0.4, -0.2) is 36.0 Å². The molecule has 7 heteroatoms.